The zero-order valence-corrected chi connectivity index (χ0v) is 15.2. The van der Waals surface area contributed by atoms with Crippen molar-refractivity contribution in [3.8, 4) is 0 Å². The Hall–Kier alpha value is -2.82. The predicted octanol–water partition coefficient (Wildman–Crippen LogP) is 3.20. The number of fused-ring (bicyclic) bond motifs is 2. The lowest BCUT2D eigenvalue weighted by molar-refractivity contribution is -0.125. The number of hydrogen-bond donors (Lipinski definition) is 1. The number of carbonyl (C=O) groups is 2. The molecule has 0 atom stereocenters. The van der Waals surface area contributed by atoms with Crippen molar-refractivity contribution in [1.82, 2.24) is 0 Å². The largest absolute Gasteiger partial charge is 0.362 e. The zero-order valence-electron chi connectivity index (χ0n) is 15.2. The van der Waals surface area contributed by atoms with Crippen LogP contribution in [0.3, 0.4) is 0 Å². The number of para-hydroxylation sites is 3. The molecule has 5 nitrogen and oxygen atoms in total. The van der Waals surface area contributed by atoms with E-state index in [1.165, 1.54) is 5.56 Å². The van der Waals surface area contributed by atoms with Gasteiger partial charge in [0.15, 0.2) is 0 Å². The van der Waals surface area contributed by atoms with Crippen LogP contribution in [-0.2, 0) is 16.0 Å². The van der Waals surface area contributed by atoms with Crippen LogP contribution in [0.25, 0.3) is 0 Å². The van der Waals surface area contributed by atoms with E-state index in [1.807, 2.05) is 36.4 Å². The molecule has 0 spiro atoms. The summed E-state index contributed by atoms with van der Waals surface area (Å²) < 4.78 is 0. The highest BCUT2D eigenvalue weighted by Gasteiger charge is 2.43. The fraction of sp³-hybridized carbons (Fsp3) is 0.333. The molecule has 2 aliphatic heterocycles. The fourth-order valence-electron chi connectivity index (χ4n) is 3.91. The topological polar surface area (TPSA) is 52.7 Å². The Morgan fingerprint density at radius 3 is 2.58 bits per heavy atom. The maximum atomic E-state index is 13.3. The maximum absolute atomic E-state index is 13.3. The summed E-state index contributed by atoms with van der Waals surface area (Å²) in [4.78, 5) is 29.7. The Morgan fingerprint density at radius 2 is 1.77 bits per heavy atom. The fourth-order valence-corrected chi connectivity index (χ4v) is 3.91. The molecule has 2 aromatic rings. The molecule has 2 aromatic carbocycles. The first-order chi connectivity index (χ1) is 12.5. The summed E-state index contributed by atoms with van der Waals surface area (Å²) in [7, 11) is 0. The first kappa shape index (κ1) is 16.6. The molecule has 134 valence electrons. The van der Waals surface area contributed by atoms with E-state index in [-0.39, 0.29) is 18.4 Å². The van der Waals surface area contributed by atoms with E-state index in [0.29, 0.717) is 5.69 Å². The van der Waals surface area contributed by atoms with E-state index >= 15 is 0 Å². The number of anilines is 3. The number of carbonyl (C=O) groups excluding carboxylic acids is 2. The van der Waals surface area contributed by atoms with Gasteiger partial charge in [-0.1, -0.05) is 30.3 Å². The van der Waals surface area contributed by atoms with E-state index in [1.54, 1.807) is 18.7 Å². The van der Waals surface area contributed by atoms with E-state index in [9.17, 15) is 9.59 Å². The quantitative estimate of drug-likeness (QED) is 0.906. The Bertz CT molecular complexity index is 875. The highest BCUT2D eigenvalue weighted by atomic mass is 16.2. The van der Waals surface area contributed by atoms with Gasteiger partial charge in [0.25, 0.3) is 0 Å². The minimum absolute atomic E-state index is 0.0611. The van der Waals surface area contributed by atoms with Gasteiger partial charge in [0.2, 0.25) is 11.8 Å². The zero-order chi connectivity index (χ0) is 18.3. The molecule has 4 rings (SSSR count). The molecular formula is C21H23N3O2. The van der Waals surface area contributed by atoms with Crippen LogP contribution in [0.2, 0.25) is 0 Å². The highest BCUT2D eigenvalue weighted by molar-refractivity contribution is 6.14. The predicted molar refractivity (Wildman–Crippen MR) is 104 cm³/mol. The molecule has 2 aliphatic rings. The summed E-state index contributed by atoms with van der Waals surface area (Å²) in [6, 6.07) is 15.7. The Labute approximate surface area is 153 Å². The van der Waals surface area contributed by atoms with E-state index in [4.69, 9.17) is 0 Å². The third-order valence-corrected chi connectivity index (χ3v) is 5.29. The van der Waals surface area contributed by atoms with Gasteiger partial charge >= 0.3 is 0 Å². The van der Waals surface area contributed by atoms with Gasteiger partial charge in [0.05, 0.1) is 17.9 Å². The van der Waals surface area contributed by atoms with E-state index in [0.717, 1.165) is 30.8 Å². The highest BCUT2D eigenvalue weighted by Crippen LogP contribution is 2.37. The molecular weight excluding hydrogens is 326 g/mol. The average Bonchev–Trinajstić information content (AvgIpc) is 2.63. The van der Waals surface area contributed by atoms with Gasteiger partial charge in [-0.2, -0.15) is 0 Å². The lowest BCUT2D eigenvalue weighted by Crippen LogP contribution is -2.60. The molecule has 0 saturated carbocycles. The molecule has 0 radical (unpaired) electrons. The van der Waals surface area contributed by atoms with Crippen molar-refractivity contribution in [2.45, 2.75) is 32.2 Å². The molecule has 0 fully saturated rings. The third kappa shape index (κ3) is 2.64. The monoisotopic (exact) mass is 349 g/mol. The van der Waals surface area contributed by atoms with Crippen molar-refractivity contribution in [2.75, 3.05) is 28.2 Å². The normalized spacial score (nSPS) is 18.0. The minimum atomic E-state index is -0.930. The molecule has 2 heterocycles. The lowest BCUT2D eigenvalue weighted by atomic mass is 9.95. The van der Waals surface area contributed by atoms with Gasteiger partial charge in [-0.05, 0) is 50.5 Å². The number of benzene rings is 2. The lowest BCUT2D eigenvalue weighted by Gasteiger charge is -2.43. The second-order valence-electron chi connectivity index (χ2n) is 7.41. The summed E-state index contributed by atoms with van der Waals surface area (Å²) in [5, 5.41) is 2.91. The summed E-state index contributed by atoms with van der Waals surface area (Å²) >= 11 is 0. The van der Waals surface area contributed by atoms with Crippen LogP contribution in [0, 0.1) is 0 Å². The summed E-state index contributed by atoms with van der Waals surface area (Å²) in [5.41, 5.74) is 2.92. The molecule has 0 bridgehead atoms. The first-order valence-electron chi connectivity index (χ1n) is 9.05. The summed E-state index contributed by atoms with van der Waals surface area (Å²) in [6.45, 7) is 4.70. The van der Waals surface area contributed by atoms with Crippen LogP contribution in [0.4, 0.5) is 17.1 Å². The number of nitrogens with one attached hydrogen (secondary N) is 1. The van der Waals surface area contributed by atoms with Crippen LogP contribution in [0.5, 0.6) is 0 Å². The van der Waals surface area contributed by atoms with Crippen molar-refractivity contribution in [3.05, 3.63) is 54.1 Å². The van der Waals surface area contributed by atoms with Gasteiger partial charge in [-0.25, -0.2) is 0 Å². The van der Waals surface area contributed by atoms with E-state index in [2.05, 4.69) is 22.3 Å². The Morgan fingerprint density at radius 1 is 1.08 bits per heavy atom. The number of hydrogen-bond acceptors (Lipinski definition) is 3. The van der Waals surface area contributed by atoms with Gasteiger partial charge in [-0.3, -0.25) is 14.5 Å². The second kappa shape index (κ2) is 6.16. The average molecular weight is 349 g/mol. The van der Waals surface area contributed by atoms with Crippen LogP contribution in [0.15, 0.2) is 48.5 Å². The van der Waals surface area contributed by atoms with Crippen molar-refractivity contribution in [3.63, 3.8) is 0 Å². The standard InChI is InChI=1S/C21H23N3O2/c1-21(2)20(26)22-16-10-4-6-12-18(16)24(21)19(25)14-23-13-7-9-15-8-3-5-11-17(15)23/h3-6,8,10-12H,7,9,13-14H2,1-2H3,(H,22,26). The van der Waals surface area contributed by atoms with E-state index < -0.39 is 5.54 Å². The molecule has 5 heteroatoms. The molecule has 0 saturated heterocycles. The number of nitrogens with zero attached hydrogens (tertiary/aromatic N) is 2. The van der Waals surface area contributed by atoms with Crippen LogP contribution >= 0.6 is 0 Å². The van der Waals surface area contributed by atoms with Crippen molar-refractivity contribution >= 4 is 28.9 Å². The number of amides is 2. The number of rotatable bonds is 2. The molecule has 2 amide bonds. The summed E-state index contributed by atoms with van der Waals surface area (Å²) in [5.74, 6) is -0.224. The molecule has 0 aromatic heterocycles. The van der Waals surface area contributed by atoms with Crippen molar-refractivity contribution < 1.29 is 9.59 Å². The maximum Gasteiger partial charge on any atom is 0.250 e. The Balaban J connectivity index is 1.67. The van der Waals surface area contributed by atoms with Crippen LogP contribution in [0.1, 0.15) is 25.8 Å². The van der Waals surface area contributed by atoms with Crippen molar-refractivity contribution in [2.24, 2.45) is 0 Å². The molecule has 1 N–H and O–H groups in total. The molecule has 0 unspecified atom stereocenters. The molecule has 0 aliphatic carbocycles. The SMILES string of the molecule is CC1(C)C(=O)Nc2ccccc2N1C(=O)CN1CCCc2ccccc21. The van der Waals surface area contributed by atoms with Crippen LogP contribution < -0.4 is 15.1 Å². The van der Waals surface area contributed by atoms with Gasteiger partial charge in [0.1, 0.15) is 5.54 Å². The minimum Gasteiger partial charge on any atom is -0.362 e. The molecule has 26 heavy (non-hydrogen) atoms. The smallest absolute Gasteiger partial charge is 0.250 e. The van der Waals surface area contributed by atoms with Crippen molar-refractivity contribution in [1.29, 1.82) is 0 Å². The summed E-state index contributed by atoms with van der Waals surface area (Å²) in [6.07, 6.45) is 2.08. The van der Waals surface area contributed by atoms with Crippen LogP contribution in [-0.4, -0.2) is 30.4 Å². The first-order valence-corrected chi connectivity index (χ1v) is 9.05. The van der Waals surface area contributed by atoms with Gasteiger partial charge < -0.3 is 10.2 Å². The Kier molecular flexibility index (Phi) is 3.94. The van der Waals surface area contributed by atoms with Gasteiger partial charge in [-0.15, -0.1) is 0 Å². The third-order valence-electron chi connectivity index (χ3n) is 5.29. The second-order valence-corrected chi connectivity index (χ2v) is 7.41. The van der Waals surface area contributed by atoms with Gasteiger partial charge in [0, 0.05) is 12.2 Å². The number of aryl methyl sites for hydroxylation is 1.